The van der Waals surface area contributed by atoms with Gasteiger partial charge in [0.15, 0.2) is 5.82 Å². The average molecular weight is 367 g/mol. The van der Waals surface area contributed by atoms with E-state index in [9.17, 15) is 4.79 Å². The first kappa shape index (κ1) is 17.2. The topological polar surface area (TPSA) is 98.7 Å². The van der Waals surface area contributed by atoms with E-state index in [1.165, 1.54) is 0 Å². The molecule has 24 heavy (non-hydrogen) atoms. The smallest absolute Gasteiger partial charge is 0.241 e. The van der Waals surface area contributed by atoms with Crippen molar-refractivity contribution in [1.82, 2.24) is 20.2 Å². The summed E-state index contributed by atoms with van der Waals surface area (Å²) in [4.78, 5) is 12.2. The van der Waals surface area contributed by atoms with Gasteiger partial charge in [-0.3, -0.25) is 4.79 Å². The van der Waals surface area contributed by atoms with Gasteiger partial charge in [0, 0.05) is 11.6 Å². The minimum Gasteiger partial charge on any atom is -0.325 e. The van der Waals surface area contributed by atoms with Gasteiger partial charge in [-0.15, -0.1) is 5.10 Å². The summed E-state index contributed by atoms with van der Waals surface area (Å²) < 4.78 is 1.64. The zero-order valence-electron chi connectivity index (χ0n) is 13.3. The number of hydrogen-bond donors (Lipinski definition) is 2. The van der Waals surface area contributed by atoms with Gasteiger partial charge in [-0.25, -0.2) is 0 Å². The number of benzene rings is 1. The van der Waals surface area contributed by atoms with Gasteiger partial charge in [-0.2, -0.15) is 16.4 Å². The lowest BCUT2D eigenvalue weighted by Gasteiger charge is -2.13. The molecule has 3 rings (SSSR count). The Bertz CT molecular complexity index is 733. The second-order valence-corrected chi connectivity index (χ2v) is 7.16. The number of rotatable bonds is 7. The zero-order valence-corrected chi connectivity index (χ0v) is 14.8. The number of nitrogens with two attached hydrogens (primary N) is 1. The quantitative estimate of drug-likeness (QED) is 0.779. The number of aromatic nitrogens is 4. The van der Waals surface area contributed by atoms with Crippen LogP contribution in [0, 0.1) is 0 Å². The molecule has 9 heteroatoms. The minimum absolute atomic E-state index is 0.212. The standard InChI is InChI=1S/C15H19ClN6OS/c1-24-7-6-12(17)15(23)18-10-4-5-11(16)13(8-10)22-14(9-2-3-9)19-20-21-22/h4-5,8-9,12H,2-3,6-7,17H2,1H3,(H,18,23)/t12-/m0/s1. The maximum absolute atomic E-state index is 12.2. The summed E-state index contributed by atoms with van der Waals surface area (Å²) in [5.41, 5.74) is 7.17. The number of thioether (sulfide) groups is 1. The van der Waals surface area contributed by atoms with Crippen LogP contribution in [-0.4, -0.2) is 44.2 Å². The fourth-order valence-corrected chi connectivity index (χ4v) is 3.01. The van der Waals surface area contributed by atoms with Gasteiger partial charge in [0.2, 0.25) is 5.91 Å². The molecular weight excluding hydrogens is 348 g/mol. The molecule has 1 saturated carbocycles. The van der Waals surface area contributed by atoms with Crippen LogP contribution in [0.1, 0.15) is 31.0 Å². The van der Waals surface area contributed by atoms with Gasteiger partial charge in [-0.05, 0) is 59.9 Å². The summed E-state index contributed by atoms with van der Waals surface area (Å²) in [7, 11) is 0. The number of halogens is 1. The highest BCUT2D eigenvalue weighted by Gasteiger charge is 2.30. The molecule has 0 radical (unpaired) electrons. The molecule has 1 fully saturated rings. The van der Waals surface area contributed by atoms with Crippen LogP contribution in [0.4, 0.5) is 5.69 Å². The Morgan fingerprint density at radius 3 is 3.04 bits per heavy atom. The second kappa shape index (κ2) is 7.50. The summed E-state index contributed by atoms with van der Waals surface area (Å²) >= 11 is 7.96. The summed E-state index contributed by atoms with van der Waals surface area (Å²) in [5, 5.41) is 15.2. The van der Waals surface area contributed by atoms with Crippen molar-refractivity contribution in [3.8, 4) is 5.69 Å². The number of nitrogens with one attached hydrogen (secondary N) is 1. The predicted molar refractivity (Wildman–Crippen MR) is 95.7 cm³/mol. The maximum Gasteiger partial charge on any atom is 0.241 e. The van der Waals surface area contributed by atoms with Crippen molar-refractivity contribution in [2.24, 2.45) is 5.73 Å². The van der Waals surface area contributed by atoms with E-state index >= 15 is 0 Å². The molecule has 0 spiro atoms. The molecule has 1 heterocycles. The fraction of sp³-hybridized carbons (Fsp3) is 0.467. The summed E-state index contributed by atoms with van der Waals surface area (Å²) in [6, 6.07) is 4.69. The minimum atomic E-state index is -0.536. The summed E-state index contributed by atoms with van der Waals surface area (Å²) in [6.45, 7) is 0. The third-order valence-corrected chi connectivity index (χ3v) is 4.81. The largest absolute Gasteiger partial charge is 0.325 e. The van der Waals surface area contributed by atoms with E-state index in [1.807, 2.05) is 6.26 Å². The van der Waals surface area contributed by atoms with Crippen molar-refractivity contribution in [1.29, 1.82) is 0 Å². The lowest BCUT2D eigenvalue weighted by atomic mass is 10.2. The van der Waals surface area contributed by atoms with Crippen molar-refractivity contribution in [2.75, 3.05) is 17.3 Å². The average Bonchev–Trinajstić information content (AvgIpc) is 3.31. The van der Waals surface area contributed by atoms with Gasteiger partial charge >= 0.3 is 0 Å². The van der Waals surface area contributed by atoms with Gasteiger partial charge in [0.05, 0.1) is 16.8 Å². The predicted octanol–water partition coefficient (Wildman–Crippen LogP) is 2.21. The molecule has 1 aromatic heterocycles. The molecule has 0 bridgehead atoms. The number of carbonyl (C=O) groups is 1. The summed E-state index contributed by atoms with van der Waals surface area (Å²) in [5.74, 6) is 1.82. The third kappa shape index (κ3) is 3.88. The first-order valence-corrected chi connectivity index (χ1v) is 9.51. The van der Waals surface area contributed by atoms with Gasteiger partial charge < -0.3 is 11.1 Å². The number of tetrazole rings is 1. The monoisotopic (exact) mass is 366 g/mol. The Labute approximate surface area is 149 Å². The van der Waals surface area contributed by atoms with E-state index in [1.54, 1.807) is 34.6 Å². The normalized spacial score (nSPS) is 15.3. The van der Waals surface area contributed by atoms with E-state index < -0.39 is 6.04 Å². The van der Waals surface area contributed by atoms with Crippen LogP contribution < -0.4 is 11.1 Å². The Kier molecular flexibility index (Phi) is 5.37. The van der Waals surface area contributed by atoms with Gasteiger partial charge in [0.25, 0.3) is 0 Å². The molecule has 0 aliphatic heterocycles. The lowest BCUT2D eigenvalue weighted by Crippen LogP contribution is -2.36. The van der Waals surface area contributed by atoms with Crippen LogP contribution in [0.15, 0.2) is 18.2 Å². The van der Waals surface area contributed by atoms with Crippen LogP contribution in [0.3, 0.4) is 0 Å². The Morgan fingerprint density at radius 2 is 2.33 bits per heavy atom. The van der Waals surface area contributed by atoms with Crippen LogP contribution in [0.2, 0.25) is 5.02 Å². The lowest BCUT2D eigenvalue weighted by molar-refractivity contribution is -0.117. The number of carbonyl (C=O) groups excluding carboxylic acids is 1. The van der Waals surface area contributed by atoms with E-state index in [4.69, 9.17) is 17.3 Å². The molecule has 2 aromatic rings. The van der Waals surface area contributed by atoms with Gasteiger partial charge in [0.1, 0.15) is 0 Å². The van der Waals surface area contributed by atoms with Crippen LogP contribution >= 0.6 is 23.4 Å². The zero-order chi connectivity index (χ0) is 17.1. The van der Waals surface area contributed by atoms with Crippen molar-refractivity contribution in [3.05, 3.63) is 29.0 Å². The molecule has 0 unspecified atom stereocenters. The van der Waals surface area contributed by atoms with Crippen LogP contribution in [0.25, 0.3) is 5.69 Å². The van der Waals surface area contributed by atoms with E-state index in [-0.39, 0.29) is 5.91 Å². The number of anilines is 1. The summed E-state index contributed by atoms with van der Waals surface area (Å²) in [6.07, 6.45) is 4.78. The highest BCUT2D eigenvalue weighted by Crippen LogP contribution is 2.39. The van der Waals surface area contributed by atoms with E-state index in [0.29, 0.717) is 28.7 Å². The van der Waals surface area contributed by atoms with Crippen molar-refractivity contribution < 1.29 is 4.79 Å². The first-order chi connectivity index (χ1) is 11.6. The highest BCUT2D eigenvalue weighted by molar-refractivity contribution is 7.98. The molecule has 1 aliphatic rings. The molecule has 3 N–H and O–H groups in total. The molecule has 1 aromatic carbocycles. The van der Waals surface area contributed by atoms with Crippen LogP contribution in [-0.2, 0) is 4.79 Å². The van der Waals surface area contributed by atoms with Crippen LogP contribution in [0.5, 0.6) is 0 Å². The first-order valence-electron chi connectivity index (χ1n) is 7.73. The Hall–Kier alpha value is -1.64. The van der Waals surface area contributed by atoms with E-state index in [0.717, 1.165) is 24.4 Å². The Balaban J connectivity index is 1.79. The second-order valence-electron chi connectivity index (χ2n) is 5.77. The Morgan fingerprint density at radius 1 is 1.54 bits per heavy atom. The highest BCUT2D eigenvalue weighted by atomic mass is 35.5. The maximum atomic E-state index is 12.2. The SMILES string of the molecule is CSCC[C@H](N)C(=O)Nc1ccc(Cl)c(-n2nnnc2C2CC2)c1. The number of hydrogen-bond acceptors (Lipinski definition) is 6. The third-order valence-electron chi connectivity index (χ3n) is 3.85. The molecule has 7 nitrogen and oxygen atoms in total. The molecule has 0 saturated heterocycles. The van der Waals surface area contributed by atoms with Crippen molar-refractivity contribution in [2.45, 2.75) is 31.2 Å². The van der Waals surface area contributed by atoms with Crippen molar-refractivity contribution in [3.63, 3.8) is 0 Å². The molecular formula is C15H19ClN6OS. The number of amides is 1. The number of nitrogens with zero attached hydrogens (tertiary/aromatic N) is 4. The fourth-order valence-electron chi connectivity index (χ4n) is 2.33. The molecule has 128 valence electrons. The molecule has 1 amide bonds. The molecule has 1 atom stereocenters. The molecule has 1 aliphatic carbocycles. The van der Waals surface area contributed by atoms with E-state index in [2.05, 4.69) is 20.8 Å². The van der Waals surface area contributed by atoms with Gasteiger partial charge in [-0.1, -0.05) is 11.6 Å². The van der Waals surface area contributed by atoms with Crippen molar-refractivity contribution >= 4 is 35.0 Å².